The first-order valence-electron chi connectivity index (χ1n) is 9.88. The Bertz CT molecular complexity index is 1200. The summed E-state index contributed by atoms with van der Waals surface area (Å²) in [6.07, 6.45) is 0.984. The molecule has 0 atom stereocenters. The Balaban J connectivity index is 1.78. The van der Waals surface area contributed by atoms with Gasteiger partial charge in [0.1, 0.15) is 5.82 Å². The Morgan fingerprint density at radius 1 is 1.10 bits per heavy atom. The zero-order chi connectivity index (χ0) is 22.2. The van der Waals surface area contributed by atoms with Crippen LogP contribution in [0.5, 0.6) is 0 Å². The quantitative estimate of drug-likeness (QED) is 0.648. The second-order valence-corrected chi connectivity index (χ2v) is 9.48. The number of nitrogens with zero attached hydrogens (tertiary/aromatic N) is 2. The summed E-state index contributed by atoms with van der Waals surface area (Å²) in [6.45, 7) is 2.68. The molecule has 0 spiro atoms. The highest BCUT2D eigenvalue weighted by Gasteiger charge is 2.34. The molecule has 2 aromatic carbocycles. The van der Waals surface area contributed by atoms with Gasteiger partial charge in [0.2, 0.25) is 32.5 Å². The molecule has 2 N–H and O–H groups in total. The fraction of sp³-hybridized carbons (Fsp3) is 0.273. The molecule has 1 aliphatic rings. The minimum absolute atomic E-state index is 0.0812. The maximum atomic E-state index is 13.4. The summed E-state index contributed by atoms with van der Waals surface area (Å²) in [7, 11) is -3.97. The molecule has 7 nitrogen and oxygen atoms in total. The predicted molar refractivity (Wildman–Crippen MR) is 113 cm³/mol. The molecule has 0 bridgehead atoms. The summed E-state index contributed by atoms with van der Waals surface area (Å²) >= 11 is 0. The average molecular weight is 444 g/mol. The number of primary amides is 1. The van der Waals surface area contributed by atoms with E-state index in [-0.39, 0.29) is 33.5 Å². The topological polar surface area (TPSA) is 106 Å². The third-order valence-corrected chi connectivity index (χ3v) is 7.11. The van der Waals surface area contributed by atoms with Crippen LogP contribution in [0.1, 0.15) is 18.4 Å². The van der Waals surface area contributed by atoms with E-state index in [1.54, 1.807) is 17.0 Å². The molecule has 0 radical (unpaired) electrons. The molecule has 0 aliphatic carbocycles. The van der Waals surface area contributed by atoms with Crippen molar-refractivity contribution >= 4 is 21.6 Å². The van der Waals surface area contributed by atoms with Gasteiger partial charge in [-0.2, -0.15) is 4.98 Å². The van der Waals surface area contributed by atoms with E-state index >= 15 is 0 Å². The molecule has 1 aromatic heterocycles. The highest BCUT2D eigenvalue weighted by Crippen LogP contribution is 2.36. The Morgan fingerprint density at radius 2 is 1.71 bits per heavy atom. The summed E-state index contributed by atoms with van der Waals surface area (Å²) < 4.78 is 46.0. The van der Waals surface area contributed by atoms with E-state index in [2.05, 4.69) is 4.98 Å². The number of anilines is 1. The number of aryl methyl sites for hydroxylation is 1. The number of sulfone groups is 1. The van der Waals surface area contributed by atoms with Gasteiger partial charge in [-0.05, 0) is 56.2 Å². The van der Waals surface area contributed by atoms with Gasteiger partial charge in [-0.3, -0.25) is 4.79 Å². The van der Waals surface area contributed by atoms with Gasteiger partial charge in [0.15, 0.2) is 0 Å². The molecule has 31 heavy (non-hydrogen) atoms. The van der Waals surface area contributed by atoms with Crippen LogP contribution in [-0.2, 0) is 14.6 Å². The highest BCUT2D eigenvalue weighted by atomic mass is 32.2. The van der Waals surface area contributed by atoms with Crippen LogP contribution in [0.2, 0.25) is 0 Å². The summed E-state index contributed by atoms with van der Waals surface area (Å²) in [5.41, 5.74) is 6.80. The second-order valence-electron chi connectivity index (χ2n) is 7.62. The van der Waals surface area contributed by atoms with Crippen molar-refractivity contribution in [1.29, 1.82) is 0 Å². The van der Waals surface area contributed by atoms with E-state index in [4.69, 9.17) is 10.2 Å². The number of hydrogen-bond acceptors (Lipinski definition) is 6. The third-order valence-electron chi connectivity index (χ3n) is 5.44. The van der Waals surface area contributed by atoms with Crippen molar-refractivity contribution in [1.82, 2.24) is 4.98 Å². The van der Waals surface area contributed by atoms with Crippen molar-refractivity contribution in [3.05, 3.63) is 59.9 Å². The van der Waals surface area contributed by atoms with Crippen molar-refractivity contribution in [3.63, 3.8) is 0 Å². The molecular weight excluding hydrogens is 421 g/mol. The van der Waals surface area contributed by atoms with Gasteiger partial charge in [0.25, 0.3) is 0 Å². The van der Waals surface area contributed by atoms with E-state index in [9.17, 15) is 17.6 Å². The standard InChI is InChI=1S/C22H22FN3O4S/c1-14-2-8-18(9-3-14)31(28,29)21-22(26-12-10-15(11-13-26)19(24)27)30-20(25-21)16-4-6-17(23)7-5-16/h2-9,15H,10-13H2,1H3,(H2,24,27). The smallest absolute Gasteiger partial charge is 0.236 e. The van der Waals surface area contributed by atoms with Gasteiger partial charge in [-0.25, -0.2) is 12.8 Å². The molecule has 1 saturated heterocycles. The van der Waals surface area contributed by atoms with E-state index in [0.29, 0.717) is 31.5 Å². The van der Waals surface area contributed by atoms with Crippen molar-refractivity contribution < 1.29 is 22.0 Å². The van der Waals surface area contributed by atoms with Crippen LogP contribution in [0, 0.1) is 18.7 Å². The summed E-state index contributed by atoms with van der Waals surface area (Å²) in [5, 5.41) is -0.201. The number of aromatic nitrogens is 1. The Morgan fingerprint density at radius 3 is 2.29 bits per heavy atom. The van der Waals surface area contributed by atoms with Crippen LogP contribution in [0.3, 0.4) is 0 Å². The van der Waals surface area contributed by atoms with Gasteiger partial charge in [0, 0.05) is 24.6 Å². The number of nitrogens with two attached hydrogens (primary N) is 1. The van der Waals surface area contributed by atoms with Crippen LogP contribution in [-0.4, -0.2) is 32.4 Å². The second kappa shape index (κ2) is 8.14. The van der Waals surface area contributed by atoms with Gasteiger partial charge in [-0.1, -0.05) is 17.7 Å². The van der Waals surface area contributed by atoms with Crippen LogP contribution >= 0.6 is 0 Å². The molecule has 162 valence electrons. The predicted octanol–water partition coefficient (Wildman–Crippen LogP) is 3.32. The minimum Gasteiger partial charge on any atom is -0.419 e. The number of piperidine rings is 1. The van der Waals surface area contributed by atoms with Gasteiger partial charge >= 0.3 is 0 Å². The monoisotopic (exact) mass is 443 g/mol. The molecule has 1 aliphatic heterocycles. The lowest BCUT2D eigenvalue weighted by Gasteiger charge is -2.30. The fourth-order valence-corrected chi connectivity index (χ4v) is 4.91. The lowest BCUT2D eigenvalue weighted by atomic mass is 9.96. The fourth-order valence-electron chi connectivity index (χ4n) is 3.59. The van der Waals surface area contributed by atoms with Gasteiger partial charge in [0.05, 0.1) is 4.90 Å². The third kappa shape index (κ3) is 4.18. The Hall–Kier alpha value is -3.20. The van der Waals surface area contributed by atoms with Crippen LogP contribution in [0.15, 0.2) is 62.9 Å². The number of carbonyl (C=O) groups is 1. The van der Waals surface area contributed by atoms with E-state index in [0.717, 1.165) is 5.56 Å². The summed E-state index contributed by atoms with van der Waals surface area (Å²) in [4.78, 5) is 17.7. The van der Waals surface area contributed by atoms with Gasteiger partial charge in [-0.15, -0.1) is 0 Å². The molecule has 3 aromatic rings. The Kier molecular flexibility index (Phi) is 5.53. The van der Waals surface area contributed by atoms with Crippen LogP contribution in [0.4, 0.5) is 10.3 Å². The first kappa shape index (κ1) is 21.0. The van der Waals surface area contributed by atoms with Crippen molar-refractivity contribution in [2.75, 3.05) is 18.0 Å². The maximum Gasteiger partial charge on any atom is 0.236 e. The lowest BCUT2D eigenvalue weighted by molar-refractivity contribution is -0.122. The normalized spacial score (nSPS) is 15.2. The number of hydrogen-bond donors (Lipinski definition) is 1. The highest BCUT2D eigenvalue weighted by molar-refractivity contribution is 7.91. The molecular formula is C22H22FN3O4S. The number of amides is 1. The summed E-state index contributed by atoms with van der Waals surface area (Å²) in [5.74, 6) is -0.846. The molecule has 4 rings (SSSR count). The van der Waals surface area contributed by atoms with E-state index < -0.39 is 15.7 Å². The van der Waals surface area contributed by atoms with Crippen molar-refractivity contribution in [3.8, 4) is 11.5 Å². The molecule has 9 heteroatoms. The first-order valence-corrected chi connectivity index (χ1v) is 11.4. The van der Waals surface area contributed by atoms with E-state index in [1.165, 1.54) is 36.4 Å². The largest absolute Gasteiger partial charge is 0.419 e. The number of oxazole rings is 1. The molecule has 1 fully saturated rings. The number of carbonyl (C=O) groups excluding carboxylic acids is 1. The van der Waals surface area contributed by atoms with Crippen LogP contribution < -0.4 is 10.6 Å². The summed E-state index contributed by atoms with van der Waals surface area (Å²) in [6, 6.07) is 12.0. The zero-order valence-electron chi connectivity index (χ0n) is 16.9. The molecule has 2 heterocycles. The van der Waals surface area contributed by atoms with Gasteiger partial charge < -0.3 is 15.1 Å². The number of rotatable bonds is 5. The first-order chi connectivity index (χ1) is 14.8. The SMILES string of the molecule is Cc1ccc(S(=O)(=O)c2nc(-c3ccc(F)cc3)oc2N2CCC(C(N)=O)CC2)cc1. The maximum absolute atomic E-state index is 13.4. The molecule has 0 saturated carbocycles. The minimum atomic E-state index is -3.97. The number of benzene rings is 2. The number of halogens is 1. The lowest BCUT2D eigenvalue weighted by Crippen LogP contribution is -2.38. The Labute approximate surface area is 179 Å². The molecule has 1 amide bonds. The van der Waals surface area contributed by atoms with E-state index in [1.807, 2.05) is 6.92 Å². The molecule has 0 unspecified atom stereocenters. The van der Waals surface area contributed by atoms with Crippen LogP contribution in [0.25, 0.3) is 11.5 Å². The zero-order valence-corrected chi connectivity index (χ0v) is 17.7. The van der Waals surface area contributed by atoms with Crippen molar-refractivity contribution in [2.45, 2.75) is 29.7 Å². The van der Waals surface area contributed by atoms with Crippen molar-refractivity contribution in [2.24, 2.45) is 11.7 Å². The average Bonchev–Trinajstić information content (AvgIpc) is 3.21.